The topological polar surface area (TPSA) is 105 Å². The minimum Gasteiger partial charge on any atom is -0.379 e. The average molecular weight is 424 g/mol. The minimum absolute atomic E-state index is 0.00824. The second kappa shape index (κ2) is 8.39. The van der Waals surface area contributed by atoms with Crippen LogP contribution in [0.2, 0.25) is 0 Å². The molecular weight excluding hydrogens is 402 g/mol. The summed E-state index contributed by atoms with van der Waals surface area (Å²) >= 11 is 1.07. The van der Waals surface area contributed by atoms with Gasteiger partial charge in [0.1, 0.15) is 9.77 Å². The van der Waals surface area contributed by atoms with E-state index in [0.717, 1.165) is 16.9 Å². The molecule has 8 nitrogen and oxygen atoms in total. The van der Waals surface area contributed by atoms with Crippen LogP contribution in [0.25, 0.3) is 0 Å². The molecule has 0 saturated carbocycles. The lowest BCUT2D eigenvalue weighted by Crippen LogP contribution is -2.41. The summed E-state index contributed by atoms with van der Waals surface area (Å²) < 4.78 is 32.3. The number of nitrogens with one attached hydrogen (secondary N) is 2. The number of rotatable bonds is 5. The van der Waals surface area contributed by atoms with Gasteiger partial charge in [-0.2, -0.15) is 4.31 Å². The summed E-state index contributed by atoms with van der Waals surface area (Å²) in [4.78, 5) is 24.2. The highest BCUT2D eigenvalue weighted by Crippen LogP contribution is 2.27. The number of carbonyl (C=O) groups excluding carboxylic acids is 2. The number of morpholine rings is 1. The van der Waals surface area contributed by atoms with Crippen LogP contribution in [-0.4, -0.2) is 50.8 Å². The predicted molar refractivity (Wildman–Crippen MR) is 107 cm³/mol. The molecule has 28 heavy (non-hydrogen) atoms. The van der Waals surface area contributed by atoms with E-state index in [-0.39, 0.29) is 28.8 Å². The fraction of sp³-hybridized carbons (Fsp3) is 0.333. The maximum atomic E-state index is 12.9. The zero-order chi connectivity index (χ0) is 20.3. The average Bonchev–Trinajstić information content (AvgIpc) is 3.16. The summed E-state index contributed by atoms with van der Waals surface area (Å²) in [5.74, 6) is -0.733. The third kappa shape index (κ3) is 4.41. The largest absolute Gasteiger partial charge is 0.379 e. The van der Waals surface area contributed by atoms with Crippen LogP contribution in [0.1, 0.15) is 22.2 Å². The predicted octanol–water partition coefficient (Wildman–Crippen LogP) is 2.29. The SMILES string of the molecule is CC(=O)Nc1cc(NC(=O)c2sccc2S(=O)(=O)N2CCOCC2)ccc1C. The number of aryl methyl sites for hydroxylation is 1. The van der Waals surface area contributed by atoms with Gasteiger partial charge in [0.05, 0.1) is 13.2 Å². The number of nitrogens with zero attached hydrogens (tertiary/aromatic N) is 1. The third-order valence-electron chi connectivity index (χ3n) is 4.23. The van der Waals surface area contributed by atoms with E-state index in [1.807, 2.05) is 6.92 Å². The monoisotopic (exact) mass is 423 g/mol. The number of benzene rings is 1. The van der Waals surface area contributed by atoms with Gasteiger partial charge in [-0.15, -0.1) is 11.3 Å². The molecule has 1 saturated heterocycles. The lowest BCUT2D eigenvalue weighted by molar-refractivity contribution is -0.114. The van der Waals surface area contributed by atoms with E-state index in [4.69, 9.17) is 4.74 Å². The Hall–Kier alpha value is -2.27. The molecule has 1 aliphatic rings. The van der Waals surface area contributed by atoms with Crippen LogP contribution in [0.15, 0.2) is 34.5 Å². The van der Waals surface area contributed by atoms with Crippen LogP contribution < -0.4 is 10.6 Å². The number of thiophene rings is 1. The molecule has 2 amide bonds. The first-order chi connectivity index (χ1) is 13.3. The van der Waals surface area contributed by atoms with Gasteiger partial charge in [0.2, 0.25) is 15.9 Å². The van der Waals surface area contributed by atoms with Gasteiger partial charge in [-0.05, 0) is 36.1 Å². The Bertz CT molecular complexity index is 994. The number of ether oxygens (including phenoxy) is 1. The van der Waals surface area contributed by atoms with E-state index in [1.54, 1.807) is 23.6 Å². The van der Waals surface area contributed by atoms with Crippen molar-refractivity contribution in [3.05, 3.63) is 40.1 Å². The fourth-order valence-electron chi connectivity index (χ4n) is 2.80. The van der Waals surface area contributed by atoms with Gasteiger partial charge in [-0.1, -0.05) is 6.07 Å². The van der Waals surface area contributed by atoms with Crippen molar-refractivity contribution in [1.82, 2.24) is 4.31 Å². The van der Waals surface area contributed by atoms with Crippen molar-refractivity contribution in [2.45, 2.75) is 18.7 Å². The van der Waals surface area contributed by atoms with Gasteiger partial charge in [0, 0.05) is 31.4 Å². The summed E-state index contributed by atoms with van der Waals surface area (Å²) in [7, 11) is -3.77. The van der Waals surface area contributed by atoms with Crippen molar-refractivity contribution in [1.29, 1.82) is 0 Å². The zero-order valence-corrected chi connectivity index (χ0v) is 17.2. The first kappa shape index (κ1) is 20.5. The lowest BCUT2D eigenvalue weighted by atomic mass is 10.1. The maximum absolute atomic E-state index is 12.9. The Labute approximate surface area is 167 Å². The molecule has 10 heteroatoms. The molecule has 1 aromatic carbocycles. The number of hydrogen-bond acceptors (Lipinski definition) is 6. The van der Waals surface area contributed by atoms with Gasteiger partial charge in [-0.3, -0.25) is 9.59 Å². The van der Waals surface area contributed by atoms with E-state index in [1.165, 1.54) is 17.3 Å². The first-order valence-electron chi connectivity index (χ1n) is 8.64. The molecule has 150 valence electrons. The summed E-state index contributed by atoms with van der Waals surface area (Å²) in [6, 6.07) is 6.55. The lowest BCUT2D eigenvalue weighted by Gasteiger charge is -2.26. The normalized spacial score (nSPS) is 15.2. The van der Waals surface area contributed by atoms with Crippen molar-refractivity contribution < 1.29 is 22.7 Å². The molecule has 1 aliphatic heterocycles. The molecule has 0 atom stereocenters. The second-order valence-electron chi connectivity index (χ2n) is 6.30. The van der Waals surface area contributed by atoms with Gasteiger partial charge < -0.3 is 15.4 Å². The molecule has 1 fully saturated rings. The smallest absolute Gasteiger partial charge is 0.267 e. The molecule has 0 radical (unpaired) electrons. The quantitative estimate of drug-likeness (QED) is 0.768. The first-order valence-corrected chi connectivity index (χ1v) is 11.0. The Morgan fingerprint density at radius 3 is 2.54 bits per heavy atom. The molecule has 2 heterocycles. The second-order valence-corrected chi connectivity index (χ2v) is 9.12. The molecule has 0 aliphatic carbocycles. The van der Waals surface area contributed by atoms with E-state index >= 15 is 0 Å². The Kier molecular flexibility index (Phi) is 6.14. The molecule has 3 rings (SSSR count). The molecule has 0 bridgehead atoms. The Balaban J connectivity index is 1.83. The van der Waals surface area contributed by atoms with Crippen molar-refractivity contribution in [3.8, 4) is 0 Å². The van der Waals surface area contributed by atoms with Gasteiger partial charge in [0.25, 0.3) is 5.91 Å². The van der Waals surface area contributed by atoms with E-state index in [2.05, 4.69) is 10.6 Å². The summed E-state index contributed by atoms with van der Waals surface area (Å²) in [6.07, 6.45) is 0. The van der Waals surface area contributed by atoms with Crippen LogP contribution in [-0.2, 0) is 19.6 Å². The fourth-order valence-corrected chi connectivity index (χ4v) is 5.51. The maximum Gasteiger partial charge on any atom is 0.267 e. The molecule has 2 N–H and O–H groups in total. The van der Waals surface area contributed by atoms with Crippen LogP contribution >= 0.6 is 11.3 Å². The van der Waals surface area contributed by atoms with Crippen LogP contribution in [0.3, 0.4) is 0 Å². The summed E-state index contributed by atoms with van der Waals surface area (Å²) in [5.41, 5.74) is 1.89. The van der Waals surface area contributed by atoms with E-state index < -0.39 is 15.9 Å². The molecule has 0 unspecified atom stereocenters. The van der Waals surface area contributed by atoms with Crippen molar-refractivity contribution >= 4 is 44.5 Å². The molecule has 1 aromatic heterocycles. The van der Waals surface area contributed by atoms with Crippen LogP contribution in [0, 0.1) is 6.92 Å². The van der Waals surface area contributed by atoms with Crippen molar-refractivity contribution in [2.75, 3.05) is 36.9 Å². The number of hydrogen-bond donors (Lipinski definition) is 2. The van der Waals surface area contributed by atoms with Gasteiger partial charge in [-0.25, -0.2) is 8.42 Å². The molecular formula is C18H21N3O5S2. The van der Waals surface area contributed by atoms with Crippen LogP contribution in [0.5, 0.6) is 0 Å². The van der Waals surface area contributed by atoms with Crippen molar-refractivity contribution in [3.63, 3.8) is 0 Å². The summed E-state index contributed by atoms with van der Waals surface area (Å²) in [5, 5.41) is 6.99. The highest BCUT2D eigenvalue weighted by molar-refractivity contribution is 7.89. The van der Waals surface area contributed by atoms with Gasteiger partial charge >= 0.3 is 0 Å². The van der Waals surface area contributed by atoms with Gasteiger partial charge in [0.15, 0.2) is 0 Å². The standard InChI is InChI=1S/C18H21N3O5S2/c1-12-3-4-14(11-15(12)19-13(2)22)20-18(23)17-16(5-10-27-17)28(24,25)21-6-8-26-9-7-21/h3-5,10-11H,6-9H2,1-2H3,(H,19,22)(H,20,23). The highest BCUT2D eigenvalue weighted by Gasteiger charge is 2.31. The van der Waals surface area contributed by atoms with E-state index in [9.17, 15) is 18.0 Å². The summed E-state index contributed by atoms with van der Waals surface area (Å²) in [6.45, 7) is 4.43. The number of carbonyl (C=O) groups is 2. The minimum atomic E-state index is -3.77. The van der Waals surface area contributed by atoms with Crippen molar-refractivity contribution in [2.24, 2.45) is 0 Å². The number of amides is 2. The van der Waals surface area contributed by atoms with Crippen LogP contribution in [0.4, 0.5) is 11.4 Å². The number of sulfonamides is 1. The molecule has 0 spiro atoms. The Morgan fingerprint density at radius 1 is 1.14 bits per heavy atom. The molecule has 2 aromatic rings. The zero-order valence-electron chi connectivity index (χ0n) is 15.5. The number of anilines is 2. The highest BCUT2D eigenvalue weighted by atomic mass is 32.2. The third-order valence-corrected chi connectivity index (χ3v) is 7.21. The Morgan fingerprint density at radius 2 is 1.86 bits per heavy atom. The van der Waals surface area contributed by atoms with E-state index in [0.29, 0.717) is 24.6 Å².